The van der Waals surface area contributed by atoms with Gasteiger partial charge in [0.15, 0.2) is 0 Å². The predicted octanol–water partition coefficient (Wildman–Crippen LogP) is 4.29. The molecule has 22 heavy (non-hydrogen) atoms. The third-order valence-electron chi connectivity index (χ3n) is 3.42. The Balaban J connectivity index is 2.40. The van der Waals surface area contributed by atoms with Crippen LogP contribution >= 0.6 is 0 Å². The molecule has 0 spiro atoms. The van der Waals surface area contributed by atoms with E-state index >= 15 is 0 Å². The van der Waals surface area contributed by atoms with Crippen LogP contribution in [0, 0.1) is 11.3 Å². The maximum Gasteiger partial charge on any atom is 0.416 e. The highest BCUT2D eigenvalue weighted by atomic mass is 19.4. The lowest BCUT2D eigenvalue weighted by Crippen LogP contribution is -2.04. The number of alkyl halides is 3. The highest BCUT2D eigenvalue weighted by molar-refractivity contribution is 6.00. The Morgan fingerprint density at radius 1 is 1.05 bits per heavy atom. The van der Waals surface area contributed by atoms with E-state index in [2.05, 4.69) is 4.98 Å². The van der Waals surface area contributed by atoms with E-state index in [0.29, 0.717) is 27.6 Å². The Labute approximate surface area is 123 Å². The van der Waals surface area contributed by atoms with Crippen LogP contribution in [-0.4, -0.2) is 12.1 Å². The fourth-order valence-electron chi connectivity index (χ4n) is 2.35. The average Bonchev–Trinajstić information content (AvgIpc) is 2.50. The summed E-state index contributed by atoms with van der Waals surface area (Å²) in [5.74, 6) is 0.523. The Morgan fingerprint density at radius 3 is 2.27 bits per heavy atom. The molecule has 0 unspecified atom stereocenters. The Bertz CT molecular complexity index is 926. The van der Waals surface area contributed by atoms with Crippen LogP contribution in [0.3, 0.4) is 0 Å². The first-order chi connectivity index (χ1) is 10.4. The number of nitriles is 1. The topological polar surface area (TPSA) is 45.9 Å². The lowest BCUT2D eigenvalue weighted by atomic mass is 10.0. The number of halogens is 3. The van der Waals surface area contributed by atoms with Crippen molar-refractivity contribution in [1.29, 1.82) is 5.26 Å². The van der Waals surface area contributed by atoms with E-state index in [9.17, 15) is 18.4 Å². The van der Waals surface area contributed by atoms with E-state index in [4.69, 9.17) is 4.74 Å². The van der Waals surface area contributed by atoms with Crippen LogP contribution in [0.1, 0.15) is 11.1 Å². The van der Waals surface area contributed by atoms with Crippen molar-refractivity contribution in [3.63, 3.8) is 0 Å². The molecule has 0 fully saturated rings. The normalized spacial score (nSPS) is 11.6. The van der Waals surface area contributed by atoms with Gasteiger partial charge < -0.3 is 4.74 Å². The molecule has 3 aromatic rings. The number of ether oxygens (including phenoxy) is 1. The fourth-order valence-corrected chi connectivity index (χ4v) is 2.35. The zero-order chi connectivity index (χ0) is 15.9. The maximum atomic E-state index is 12.8. The smallest absolute Gasteiger partial charge is 0.416 e. The summed E-state index contributed by atoms with van der Waals surface area (Å²) in [7, 11) is 1.48. The zero-order valence-electron chi connectivity index (χ0n) is 11.4. The van der Waals surface area contributed by atoms with E-state index in [0.717, 1.165) is 12.1 Å². The van der Waals surface area contributed by atoms with Gasteiger partial charge in [0.1, 0.15) is 11.8 Å². The number of hydrogen-bond acceptors (Lipinski definition) is 3. The van der Waals surface area contributed by atoms with Gasteiger partial charge in [-0.1, -0.05) is 6.07 Å². The minimum absolute atomic E-state index is 0.132. The second-order valence-electron chi connectivity index (χ2n) is 4.71. The second-order valence-corrected chi connectivity index (χ2v) is 4.71. The van der Waals surface area contributed by atoms with Gasteiger partial charge in [-0.3, -0.25) is 0 Å². The number of aromatic nitrogens is 1. The number of pyridine rings is 1. The summed E-state index contributed by atoms with van der Waals surface area (Å²) in [5.41, 5.74) is 0.0601. The van der Waals surface area contributed by atoms with E-state index in [1.165, 1.54) is 13.2 Å². The van der Waals surface area contributed by atoms with E-state index < -0.39 is 11.7 Å². The van der Waals surface area contributed by atoms with Crippen molar-refractivity contribution < 1.29 is 17.9 Å². The molecule has 6 heteroatoms. The third-order valence-corrected chi connectivity index (χ3v) is 3.42. The summed E-state index contributed by atoms with van der Waals surface area (Å²) >= 11 is 0. The molecule has 0 atom stereocenters. The number of fused-ring (bicyclic) bond motifs is 2. The number of rotatable bonds is 1. The van der Waals surface area contributed by atoms with Gasteiger partial charge in [-0.2, -0.15) is 18.4 Å². The number of nitrogens with zero attached hydrogens (tertiary/aromatic N) is 2. The highest BCUT2D eigenvalue weighted by Crippen LogP contribution is 2.33. The first-order valence-corrected chi connectivity index (χ1v) is 6.33. The molecular weight excluding hydrogens is 293 g/mol. The molecule has 0 saturated carbocycles. The van der Waals surface area contributed by atoms with Crippen molar-refractivity contribution in [3.8, 4) is 11.8 Å². The van der Waals surface area contributed by atoms with Crippen molar-refractivity contribution in [2.24, 2.45) is 0 Å². The van der Waals surface area contributed by atoms with Crippen molar-refractivity contribution in [2.75, 3.05) is 7.11 Å². The molecule has 0 aliphatic heterocycles. The molecule has 0 saturated heterocycles. The van der Waals surface area contributed by atoms with E-state index in [1.807, 2.05) is 6.07 Å². The van der Waals surface area contributed by atoms with Crippen molar-refractivity contribution in [3.05, 3.63) is 47.5 Å². The lowest BCUT2D eigenvalue weighted by Gasteiger charge is -2.10. The average molecular weight is 302 g/mol. The molecule has 1 aromatic heterocycles. The zero-order valence-corrected chi connectivity index (χ0v) is 11.4. The molecule has 0 bridgehead atoms. The van der Waals surface area contributed by atoms with Gasteiger partial charge in [0, 0.05) is 16.8 Å². The predicted molar refractivity (Wildman–Crippen MR) is 75.5 cm³/mol. The Kier molecular flexibility index (Phi) is 3.14. The van der Waals surface area contributed by atoms with Crippen LogP contribution in [0.25, 0.3) is 21.8 Å². The van der Waals surface area contributed by atoms with Crippen LogP contribution in [0.4, 0.5) is 13.2 Å². The van der Waals surface area contributed by atoms with Gasteiger partial charge in [0.05, 0.1) is 29.3 Å². The highest BCUT2D eigenvalue weighted by Gasteiger charge is 2.30. The van der Waals surface area contributed by atoms with Gasteiger partial charge in [-0.05, 0) is 24.3 Å². The van der Waals surface area contributed by atoms with Crippen LogP contribution in [0.5, 0.6) is 5.75 Å². The van der Waals surface area contributed by atoms with Crippen molar-refractivity contribution in [1.82, 2.24) is 4.98 Å². The minimum atomic E-state index is -4.45. The monoisotopic (exact) mass is 302 g/mol. The van der Waals surface area contributed by atoms with Gasteiger partial charge in [-0.25, -0.2) is 4.98 Å². The van der Waals surface area contributed by atoms with Crippen molar-refractivity contribution >= 4 is 21.8 Å². The SMILES string of the molecule is COc1ccc2c(C#N)c3ccc(C(F)(F)F)cc3nc2c1. The van der Waals surface area contributed by atoms with E-state index in [-0.39, 0.29) is 5.52 Å². The molecular formula is C16H9F3N2O. The van der Waals surface area contributed by atoms with Gasteiger partial charge in [0.25, 0.3) is 0 Å². The summed E-state index contributed by atoms with van der Waals surface area (Å²) in [6, 6.07) is 10.2. The summed E-state index contributed by atoms with van der Waals surface area (Å²) in [6.07, 6.45) is -4.45. The summed E-state index contributed by atoms with van der Waals surface area (Å²) in [6.45, 7) is 0. The lowest BCUT2D eigenvalue weighted by molar-refractivity contribution is -0.137. The molecule has 0 aliphatic rings. The first-order valence-electron chi connectivity index (χ1n) is 6.33. The molecule has 0 radical (unpaired) electrons. The van der Waals surface area contributed by atoms with Crippen LogP contribution in [0.2, 0.25) is 0 Å². The summed E-state index contributed by atoms with van der Waals surface area (Å²) in [5, 5.41) is 10.3. The molecule has 3 rings (SSSR count). The Morgan fingerprint density at radius 2 is 1.68 bits per heavy atom. The van der Waals surface area contributed by atoms with Crippen molar-refractivity contribution in [2.45, 2.75) is 6.18 Å². The number of benzene rings is 2. The molecule has 0 aliphatic carbocycles. The van der Waals surface area contributed by atoms with Crippen LogP contribution < -0.4 is 4.74 Å². The summed E-state index contributed by atoms with van der Waals surface area (Å²) in [4.78, 5) is 4.24. The first kappa shape index (κ1) is 14.1. The minimum Gasteiger partial charge on any atom is -0.497 e. The Hall–Kier alpha value is -2.81. The fraction of sp³-hybridized carbons (Fsp3) is 0.125. The van der Waals surface area contributed by atoms with Gasteiger partial charge in [-0.15, -0.1) is 0 Å². The standard InChI is InChI=1S/C16H9F3N2O/c1-22-10-3-5-12-13(8-20)11-4-2-9(16(17,18)19)6-14(11)21-15(12)7-10/h2-7H,1H3. The van der Waals surface area contributed by atoms with Gasteiger partial charge in [0.2, 0.25) is 0 Å². The number of methoxy groups -OCH3 is 1. The largest absolute Gasteiger partial charge is 0.497 e. The maximum absolute atomic E-state index is 12.8. The second kappa shape index (κ2) is 4.88. The molecule has 1 heterocycles. The summed E-state index contributed by atoms with van der Waals surface area (Å²) < 4.78 is 43.5. The van der Waals surface area contributed by atoms with Crippen LogP contribution in [-0.2, 0) is 6.18 Å². The molecule has 2 aromatic carbocycles. The van der Waals surface area contributed by atoms with E-state index in [1.54, 1.807) is 18.2 Å². The quantitative estimate of drug-likeness (QED) is 0.630. The third kappa shape index (κ3) is 2.21. The molecule has 0 N–H and O–H groups in total. The van der Waals surface area contributed by atoms with Gasteiger partial charge >= 0.3 is 6.18 Å². The molecule has 3 nitrogen and oxygen atoms in total. The molecule has 110 valence electrons. The molecule has 0 amide bonds. The number of hydrogen-bond donors (Lipinski definition) is 0. The van der Waals surface area contributed by atoms with Crippen LogP contribution in [0.15, 0.2) is 36.4 Å².